The molecule has 0 amide bonds. The van der Waals surface area contributed by atoms with E-state index in [0.29, 0.717) is 13.2 Å². The number of esters is 1. The van der Waals surface area contributed by atoms with Crippen LogP contribution in [0.15, 0.2) is 48.5 Å². The van der Waals surface area contributed by atoms with Crippen LogP contribution in [0.4, 0.5) is 0 Å². The first kappa shape index (κ1) is 22.0. The van der Waals surface area contributed by atoms with Gasteiger partial charge >= 0.3 is 5.97 Å². The molecule has 0 unspecified atom stereocenters. The third-order valence-electron chi connectivity index (χ3n) is 6.64. The maximum absolute atomic E-state index is 13.5. The van der Waals surface area contributed by atoms with Gasteiger partial charge in [0.15, 0.2) is 0 Å². The molecule has 5 heteroatoms. The van der Waals surface area contributed by atoms with E-state index in [1.165, 1.54) is 0 Å². The number of nitrogens with zero attached hydrogens (tertiary/aromatic N) is 1. The normalized spacial score (nSPS) is 20.5. The number of fused-ring (bicyclic) bond motifs is 3. The fourth-order valence-corrected chi connectivity index (χ4v) is 5.12. The average Bonchev–Trinajstić information content (AvgIpc) is 3.14. The number of rotatable bonds is 9. The Morgan fingerprint density at radius 2 is 1.42 bits per heavy atom. The summed E-state index contributed by atoms with van der Waals surface area (Å²) in [7, 11) is 3.45. The van der Waals surface area contributed by atoms with Crippen molar-refractivity contribution in [2.75, 3.05) is 40.5 Å². The van der Waals surface area contributed by atoms with Crippen molar-refractivity contribution < 1.29 is 19.0 Å². The van der Waals surface area contributed by atoms with Crippen molar-refractivity contribution in [1.29, 1.82) is 0 Å². The lowest BCUT2D eigenvalue weighted by Crippen LogP contribution is -2.49. The second-order valence-electron chi connectivity index (χ2n) is 8.46. The first-order valence-electron chi connectivity index (χ1n) is 11.3. The summed E-state index contributed by atoms with van der Waals surface area (Å²) in [6.45, 7) is 2.94. The molecule has 2 aliphatic rings. The van der Waals surface area contributed by atoms with Crippen LogP contribution in [0.25, 0.3) is 11.1 Å². The van der Waals surface area contributed by atoms with Gasteiger partial charge in [-0.15, -0.1) is 0 Å². The summed E-state index contributed by atoms with van der Waals surface area (Å²) in [5, 5.41) is 0. The van der Waals surface area contributed by atoms with Crippen LogP contribution in [-0.4, -0.2) is 63.5 Å². The molecule has 2 aromatic carbocycles. The Balaban J connectivity index is 1.55. The van der Waals surface area contributed by atoms with Gasteiger partial charge < -0.3 is 14.2 Å². The summed E-state index contributed by atoms with van der Waals surface area (Å²) >= 11 is 0. The van der Waals surface area contributed by atoms with E-state index in [0.717, 1.165) is 61.0 Å². The third kappa shape index (κ3) is 4.69. The summed E-state index contributed by atoms with van der Waals surface area (Å²) < 4.78 is 16.9. The largest absolute Gasteiger partial charge is 0.460 e. The highest BCUT2D eigenvalue weighted by molar-refractivity contribution is 5.93. The van der Waals surface area contributed by atoms with Gasteiger partial charge in [-0.25, -0.2) is 0 Å². The smallest absolute Gasteiger partial charge is 0.318 e. The minimum absolute atomic E-state index is 0.102. The predicted molar refractivity (Wildman–Crippen MR) is 121 cm³/mol. The Morgan fingerprint density at radius 3 is 2.00 bits per heavy atom. The molecule has 4 rings (SSSR count). The van der Waals surface area contributed by atoms with Gasteiger partial charge in [0.2, 0.25) is 0 Å². The van der Waals surface area contributed by atoms with Gasteiger partial charge in [-0.05, 0) is 41.5 Å². The first-order valence-corrected chi connectivity index (χ1v) is 11.3. The number of hydrogen-bond donors (Lipinski definition) is 0. The number of ether oxygens (including phenoxy) is 3. The lowest BCUT2D eigenvalue weighted by atomic mass is 9.90. The molecule has 166 valence electrons. The Kier molecular flexibility index (Phi) is 7.38. The number of benzene rings is 2. The molecule has 5 nitrogen and oxygen atoms in total. The summed E-state index contributed by atoms with van der Waals surface area (Å²) in [5.41, 5.74) is 4.39. The summed E-state index contributed by atoms with van der Waals surface area (Å²) in [6, 6.07) is 16.6. The Bertz CT molecular complexity index is 830. The zero-order chi connectivity index (χ0) is 21.6. The highest BCUT2D eigenvalue weighted by Gasteiger charge is 2.38. The Labute approximate surface area is 185 Å². The third-order valence-corrected chi connectivity index (χ3v) is 6.64. The van der Waals surface area contributed by atoms with Gasteiger partial charge in [-0.1, -0.05) is 55.0 Å². The van der Waals surface area contributed by atoms with Crippen molar-refractivity contribution in [2.24, 2.45) is 0 Å². The Morgan fingerprint density at radius 1 is 0.871 bits per heavy atom. The zero-order valence-corrected chi connectivity index (χ0v) is 18.6. The minimum Gasteiger partial charge on any atom is -0.460 e. The lowest BCUT2D eigenvalue weighted by molar-refractivity contribution is -0.155. The predicted octanol–water partition coefficient (Wildman–Crippen LogP) is 4.25. The molecular weight excluding hydrogens is 390 g/mol. The van der Waals surface area contributed by atoms with Crippen LogP contribution in [0.2, 0.25) is 0 Å². The van der Waals surface area contributed by atoms with E-state index < -0.39 is 0 Å². The van der Waals surface area contributed by atoms with Crippen molar-refractivity contribution in [3.05, 3.63) is 59.7 Å². The molecule has 2 aromatic rings. The average molecular weight is 424 g/mol. The molecule has 0 aliphatic heterocycles. The van der Waals surface area contributed by atoms with Crippen LogP contribution >= 0.6 is 0 Å². The number of carbonyl (C=O) groups is 1. The highest BCUT2D eigenvalue weighted by Crippen LogP contribution is 2.45. The topological polar surface area (TPSA) is 48.0 Å². The summed E-state index contributed by atoms with van der Waals surface area (Å²) in [4.78, 5) is 15.9. The van der Waals surface area contributed by atoms with Crippen molar-refractivity contribution in [1.82, 2.24) is 4.90 Å². The molecule has 31 heavy (non-hydrogen) atoms. The van der Waals surface area contributed by atoms with Crippen molar-refractivity contribution >= 4 is 5.97 Å². The van der Waals surface area contributed by atoms with Crippen molar-refractivity contribution in [3.8, 4) is 11.1 Å². The summed E-state index contributed by atoms with van der Waals surface area (Å²) in [6.07, 6.45) is 4.08. The van der Waals surface area contributed by atoms with Crippen LogP contribution in [-0.2, 0) is 19.0 Å². The van der Waals surface area contributed by atoms with Gasteiger partial charge in [-0.3, -0.25) is 9.69 Å². The monoisotopic (exact) mass is 423 g/mol. The molecular formula is C26H33NO4. The van der Waals surface area contributed by atoms with Crippen LogP contribution in [0.5, 0.6) is 0 Å². The van der Waals surface area contributed by atoms with Crippen LogP contribution in [0, 0.1) is 0 Å². The molecule has 0 heterocycles. The van der Waals surface area contributed by atoms with Gasteiger partial charge in [0.25, 0.3) is 0 Å². The van der Waals surface area contributed by atoms with E-state index in [9.17, 15) is 4.79 Å². The molecule has 2 aliphatic carbocycles. The fourth-order valence-electron chi connectivity index (χ4n) is 5.12. The molecule has 0 aromatic heterocycles. The molecule has 0 saturated heterocycles. The second-order valence-corrected chi connectivity index (χ2v) is 8.46. The Hall–Kier alpha value is -2.21. The van der Waals surface area contributed by atoms with Gasteiger partial charge in [0, 0.05) is 33.4 Å². The molecule has 1 fully saturated rings. The van der Waals surface area contributed by atoms with Crippen LogP contribution in [0.3, 0.4) is 0 Å². The molecule has 0 bridgehead atoms. The van der Waals surface area contributed by atoms with E-state index in [4.69, 9.17) is 14.2 Å². The molecule has 0 spiro atoms. The SMILES string of the molecule is COCCN(CCOC)[C@@H]1CCCC[C@H]1OC(=O)C1c2ccccc2-c2ccccc21. The highest BCUT2D eigenvalue weighted by atomic mass is 16.5. The summed E-state index contributed by atoms with van der Waals surface area (Å²) in [5.74, 6) is -0.478. The molecule has 0 radical (unpaired) electrons. The molecule has 1 saturated carbocycles. The second kappa shape index (κ2) is 10.4. The van der Waals surface area contributed by atoms with Gasteiger partial charge in [-0.2, -0.15) is 0 Å². The molecule has 2 atom stereocenters. The standard InChI is InChI=1S/C26H33NO4/c1-29-17-15-27(16-18-30-2)23-13-7-8-14-24(23)31-26(28)25-21-11-5-3-9-19(21)20-10-4-6-12-22(20)25/h3-6,9-12,23-25H,7-8,13-18H2,1-2H3/t23-,24-/m1/s1. The van der Waals surface area contributed by atoms with E-state index >= 15 is 0 Å². The number of hydrogen-bond acceptors (Lipinski definition) is 5. The number of methoxy groups -OCH3 is 2. The van der Waals surface area contributed by atoms with E-state index in [1.54, 1.807) is 14.2 Å². The lowest BCUT2D eigenvalue weighted by Gasteiger charge is -2.39. The maximum atomic E-state index is 13.5. The maximum Gasteiger partial charge on any atom is 0.318 e. The van der Waals surface area contributed by atoms with E-state index in [2.05, 4.69) is 29.2 Å². The zero-order valence-electron chi connectivity index (χ0n) is 18.6. The van der Waals surface area contributed by atoms with E-state index in [1.807, 2.05) is 24.3 Å². The van der Waals surface area contributed by atoms with E-state index in [-0.39, 0.29) is 24.0 Å². The first-order chi connectivity index (χ1) is 15.2. The van der Waals surface area contributed by atoms with Crippen molar-refractivity contribution in [2.45, 2.75) is 43.7 Å². The van der Waals surface area contributed by atoms with Crippen LogP contribution in [0.1, 0.15) is 42.7 Å². The van der Waals surface area contributed by atoms with Crippen LogP contribution < -0.4 is 0 Å². The quantitative estimate of drug-likeness (QED) is 0.565. The minimum atomic E-state index is -0.346. The molecule has 0 N–H and O–H groups in total. The van der Waals surface area contributed by atoms with Gasteiger partial charge in [0.1, 0.15) is 12.0 Å². The fraction of sp³-hybridized carbons (Fsp3) is 0.500. The number of carbonyl (C=O) groups excluding carboxylic acids is 1. The van der Waals surface area contributed by atoms with Crippen molar-refractivity contribution in [3.63, 3.8) is 0 Å². The van der Waals surface area contributed by atoms with Gasteiger partial charge in [0.05, 0.1) is 13.2 Å².